The van der Waals surface area contributed by atoms with Gasteiger partial charge in [0.25, 0.3) is 0 Å². The Morgan fingerprint density at radius 1 is 1.33 bits per heavy atom. The molecule has 2 aromatic rings. The van der Waals surface area contributed by atoms with Crippen LogP contribution < -0.4 is 10.1 Å². The smallest absolute Gasteiger partial charge is 0.225 e. The first-order valence-electron chi connectivity index (χ1n) is 7.27. The molecule has 21 heavy (non-hydrogen) atoms. The van der Waals surface area contributed by atoms with E-state index in [2.05, 4.69) is 15.5 Å². The van der Waals surface area contributed by atoms with Crippen molar-refractivity contribution in [2.24, 2.45) is 0 Å². The van der Waals surface area contributed by atoms with E-state index in [1.807, 2.05) is 44.2 Å². The number of aromatic nitrogens is 2. The zero-order valence-corrected chi connectivity index (χ0v) is 12.5. The van der Waals surface area contributed by atoms with E-state index in [4.69, 9.17) is 4.74 Å². The van der Waals surface area contributed by atoms with Gasteiger partial charge < -0.3 is 10.1 Å². The second-order valence-electron chi connectivity index (χ2n) is 4.72. The van der Waals surface area contributed by atoms with Gasteiger partial charge in [-0.05, 0) is 31.4 Å². The maximum absolute atomic E-state index is 11.9. The van der Waals surface area contributed by atoms with Crippen molar-refractivity contribution < 1.29 is 9.53 Å². The van der Waals surface area contributed by atoms with E-state index in [1.165, 1.54) is 0 Å². The Hall–Kier alpha value is -2.30. The van der Waals surface area contributed by atoms with Gasteiger partial charge in [0, 0.05) is 18.2 Å². The minimum Gasteiger partial charge on any atom is -0.494 e. The fourth-order valence-corrected chi connectivity index (χ4v) is 2.07. The number of hydrogen-bond acceptors (Lipinski definition) is 3. The summed E-state index contributed by atoms with van der Waals surface area (Å²) in [5.74, 6) is 1.38. The number of anilines is 1. The number of para-hydroxylation sites is 1. The molecular weight excluding hydrogens is 266 g/mol. The van der Waals surface area contributed by atoms with Crippen molar-refractivity contribution in [2.45, 2.75) is 33.1 Å². The average molecular weight is 287 g/mol. The van der Waals surface area contributed by atoms with E-state index in [0.29, 0.717) is 25.3 Å². The minimum atomic E-state index is -0.0459. The number of rotatable bonds is 7. The molecule has 5 nitrogen and oxygen atoms in total. The van der Waals surface area contributed by atoms with Gasteiger partial charge in [-0.25, -0.2) is 0 Å². The number of ether oxygens (including phenoxy) is 1. The van der Waals surface area contributed by atoms with Crippen LogP contribution in [0.5, 0.6) is 5.75 Å². The van der Waals surface area contributed by atoms with Crippen molar-refractivity contribution in [1.29, 1.82) is 0 Å². The summed E-state index contributed by atoms with van der Waals surface area (Å²) in [6.45, 7) is 4.60. The van der Waals surface area contributed by atoms with Crippen molar-refractivity contribution in [2.75, 3.05) is 11.9 Å². The van der Waals surface area contributed by atoms with Crippen LogP contribution in [0.2, 0.25) is 0 Å². The predicted molar refractivity (Wildman–Crippen MR) is 82.5 cm³/mol. The Balaban J connectivity index is 1.89. The van der Waals surface area contributed by atoms with E-state index in [1.54, 1.807) is 0 Å². The minimum absolute atomic E-state index is 0.0459. The fourth-order valence-electron chi connectivity index (χ4n) is 2.07. The summed E-state index contributed by atoms with van der Waals surface area (Å²) in [5.41, 5.74) is 2.05. The van der Waals surface area contributed by atoms with Crippen molar-refractivity contribution >= 4 is 11.7 Å². The van der Waals surface area contributed by atoms with E-state index < -0.39 is 0 Å². The molecule has 0 atom stereocenters. The maximum atomic E-state index is 11.9. The van der Waals surface area contributed by atoms with Crippen LogP contribution in [0, 0.1) is 0 Å². The summed E-state index contributed by atoms with van der Waals surface area (Å²) in [4.78, 5) is 11.9. The Morgan fingerprint density at radius 3 is 2.86 bits per heavy atom. The third-order valence-corrected chi connectivity index (χ3v) is 3.17. The first kappa shape index (κ1) is 15.1. The largest absolute Gasteiger partial charge is 0.494 e. The van der Waals surface area contributed by atoms with Crippen LogP contribution in [-0.4, -0.2) is 22.7 Å². The zero-order chi connectivity index (χ0) is 15.1. The molecule has 0 unspecified atom stereocenters. The van der Waals surface area contributed by atoms with Gasteiger partial charge >= 0.3 is 0 Å². The third-order valence-electron chi connectivity index (χ3n) is 3.17. The third kappa shape index (κ3) is 4.34. The molecule has 2 rings (SSSR count). The van der Waals surface area contributed by atoms with Crippen LogP contribution >= 0.6 is 0 Å². The van der Waals surface area contributed by atoms with Gasteiger partial charge in [0.05, 0.1) is 6.61 Å². The molecule has 0 saturated carbocycles. The van der Waals surface area contributed by atoms with Gasteiger partial charge in [-0.2, -0.15) is 5.10 Å². The number of carbonyl (C=O) groups is 1. The molecule has 0 fully saturated rings. The van der Waals surface area contributed by atoms with Crippen LogP contribution in [0.3, 0.4) is 0 Å². The summed E-state index contributed by atoms with van der Waals surface area (Å²) >= 11 is 0. The van der Waals surface area contributed by atoms with Gasteiger partial charge in [0.15, 0.2) is 5.82 Å². The summed E-state index contributed by atoms with van der Waals surface area (Å²) in [6, 6.07) is 9.66. The number of nitrogens with zero attached hydrogens (tertiary/aromatic N) is 1. The standard InChI is InChI=1S/C16H21N3O2/c1-3-13-11-15(19-18-13)17-16(20)10-9-12-7-5-6-8-14(12)21-4-2/h5-8,11H,3-4,9-10H2,1-2H3,(H2,17,18,19,20). The Morgan fingerprint density at radius 2 is 2.14 bits per heavy atom. The van der Waals surface area contributed by atoms with Gasteiger partial charge in [-0.1, -0.05) is 25.1 Å². The summed E-state index contributed by atoms with van der Waals surface area (Å²) < 4.78 is 5.56. The number of nitrogens with one attached hydrogen (secondary N) is 2. The number of aromatic amines is 1. The van der Waals surface area contributed by atoms with Gasteiger partial charge in [-0.3, -0.25) is 9.89 Å². The molecule has 0 aliphatic carbocycles. The van der Waals surface area contributed by atoms with Crippen LogP contribution in [-0.2, 0) is 17.6 Å². The maximum Gasteiger partial charge on any atom is 0.225 e. The zero-order valence-electron chi connectivity index (χ0n) is 12.5. The number of carbonyl (C=O) groups excluding carboxylic acids is 1. The quantitative estimate of drug-likeness (QED) is 0.822. The molecule has 0 radical (unpaired) electrons. The Kier molecular flexibility index (Phi) is 5.37. The average Bonchev–Trinajstić information content (AvgIpc) is 2.94. The molecule has 1 aromatic heterocycles. The second-order valence-corrected chi connectivity index (χ2v) is 4.72. The molecule has 1 heterocycles. The number of benzene rings is 1. The molecule has 0 aliphatic rings. The monoisotopic (exact) mass is 287 g/mol. The number of hydrogen-bond donors (Lipinski definition) is 2. The second kappa shape index (κ2) is 7.47. The molecule has 0 bridgehead atoms. The van der Waals surface area contributed by atoms with Crippen molar-refractivity contribution in [3.8, 4) is 5.75 Å². The van der Waals surface area contributed by atoms with Gasteiger partial charge in [-0.15, -0.1) is 0 Å². The lowest BCUT2D eigenvalue weighted by Crippen LogP contribution is -2.13. The lowest BCUT2D eigenvalue weighted by atomic mass is 10.1. The van der Waals surface area contributed by atoms with Crippen LogP contribution in [0.25, 0.3) is 0 Å². The molecule has 0 saturated heterocycles. The molecule has 0 aliphatic heterocycles. The fraction of sp³-hybridized carbons (Fsp3) is 0.375. The van der Waals surface area contributed by atoms with E-state index in [0.717, 1.165) is 23.4 Å². The number of aryl methyl sites for hydroxylation is 2. The highest BCUT2D eigenvalue weighted by molar-refractivity contribution is 5.89. The number of H-pyrrole nitrogens is 1. The van der Waals surface area contributed by atoms with Crippen molar-refractivity contribution in [1.82, 2.24) is 10.2 Å². The molecular formula is C16H21N3O2. The summed E-state index contributed by atoms with van der Waals surface area (Å²) in [6.07, 6.45) is 1.91. The summed E-state index contributed by atoms with van der Waals surface area (Å²) in [7, 11) is 0. The van der Waals surface area contributed by atoms with E-state index in [-0.39, 0.29) is 5.91 Å². The number of amides is 1. The van der Waals surface area contributed by atoms with Crippen LogP contribution in [0.1, 0.15) is 31.5 Å². The highest BCUT2D eigenvalue weighted by atomic mass is 16.5. The highest BCUT2D eigenvalue weighted by Gasteiger charge is 2.08. The Bertz CT molecular complexity index is 593. The molecule has 2 N–H and O–H groups in total. The summed E-state index contributed by atoms with van der Waals surface area (Å²) in [5, 5.41) is 9.72. The van der Waals surface area contributed by atoms with Crippen LogP contribution in [0.15, 0.2) is 30.3 Å². The van der Waals surface area contributed by atoms with Gasteiger partial charge in [0.1, 0.15) is 5.75 Å². The molecule has 5 heteroatoms. The van der Waals surface area contributed by atoms with E-state index >= 15 is 0 Å². The molecule has 112 valence electrons. The van der Waals surface area contributed by atoms with E-state index in [9.17, 15) is 4.79 Å². The predicted octanol–water partition coefficient (Wildman–Crippen LogP) is 2.94. The lowest BCUT2D eigenvalue weighted by molar-refractivity contribution is -0.116. The normalized spacial score (nSPS) is 10.4. The first-order chi connectivity index (χ1) is 10.2. The molecule has 1 amide bonds. The lowest BCUT2D eigenvalue weighted by Gasteiger charge is -2.09. The molecule has 0 spiro atoms. The highest BCUT2D eigenvalue weighted by Crippen LogP contribution is 2.19. The van der Waals surface area contributed by atoms with Crippen LogP contribution in [0.4, 0.5) is 5.82 Å². The van der Waals surface area contributed by atoms with Crippen molar-refractivity contribution in [3.05, 3.63) is 41.6 Å². The van der Waals surface area contributed by atoms with Crippen molar-refractivity contribution in [3.63, 3.8) is 0 Å². The first-order valence-corrected chi connectivity index (χ1v) is 7.27. The molecule has 1 aromatic carbocycles. The Labute approximate surface area is 124 Å². The SMILES string of the molecule is CCOc1ccccc1CCC(=O)Nc1cc(CC)[nH]n1. The topological polar surface area (TPSA) is 67.0 Å². The van der Waals surface area contributed by atoms with Gasteiger partial charge in [0.2, 0.25) is 5.91 Å².